The zero-order valence-electron chi connectivity index (χ0n) is 14.4. The molecule has 2 saturated heterocycles. The monoisotopic (exact) mass is 333 g/mol. The molecule has 2 amide bonds. The molecule has 1 unspecified atom stereocenters. The third-order valence-corrected chi connectivity index (χ3v) is 4.60. The average Bonchev–Trinajstić information content (AvgIpc) is 3.10. The number of hydrogen-bond donors (Lipinski definition) is 1. The SMILES string of the molecule is CN(CC1CCCO1)C(=O)Nc1ccccc1CN1CCOCC1. The van der Waals surface area contributed by atoms with Crippen LogP contribution in [0.25, 0.3) is 0 Å². The van der Waals surface area contributed by atoms with Crippen LogP contribution in [0, 0.1) is 0 Å². The number of para-hydroxylation sites is 1. The van der Waals surface area contributed by atoms with Crippen molar-refractivity contribution in [1.82, 2.24) is 9.80 Å². The minimum Gasteiger partial charge on any atom is -0.379 e. The summed E-state index contributed by atoms with van der Waals surface area (Å²) in [5, 5.41) is 3.05. The van der Waals surface area contributed by atoms with Gasteiger partial charge in [0.05, 0.1) is 19.3 Å². The Morgan fingerprint density at radius 1 is 1.29 bits per heavy atom. The Hall–Kier alpha value is -1.63. The fourth-order valence-corrected chi connectivity index (χ4v) is 3.17. The van der Waals surface area contributed by atoms with E-state index >= 15 is 0 Å². The number of carbonyl (C=O) groups excluding carboxylic acids is 1. The number of rotatable bonds is 5. The van der Waals surface area contributed by atoms with Gasteiger partial charge >= 0.3 is 6.03 Å². The lowest BCUT2D eigenvalue weighted by Gasteiger charge is -2.28. The minimum atomic E-state index is -0.0834. The van der Waals surface area contributed by atoms with E-state index in [0.29, 0.717) is 6.54 Å². The van der Waals surface area contributed by atoms with Crippen molar-refractivity contribution in [3.8, 4) is 0 Å². The molecule has 0 radical (unpaired) electrons. The number of ether oxygens (including phenoxy) is 2. The van der Waals surface area contributed by atoms with E-state index < -0.39 is 0 Å². The molecule has 1 N–H and O–H groups in total. The molecule has 2 fully saturated rings. The minimum absolute atomic E-state index is 0.0834. The summed E-state index contributed by atoms with van der Waals surface area (Å²) < 4.78 is 11.0. The summed E-state index contributed by atoms with van der Waals surface area (Å²) in [6.07, 6.45) is 2.29. The Morgan fingerprint density at radius 3 is 2.83 bits per heavy atom. The molecule has 2 aliphatic rings. The van der Waals surface area contributed by atoms with Crippen LogP contribution in [-0.2, 0) is 16.0 Å². The van der Waals surface area contributed by atoms with Crippen LogP contribution in [0.5, 0.6) is 0 Å². The van der Waals surface area contributed by atoms with Gasteiger partial charge in [-0.1, -0.05) is 18.2 Å². The average molecular weight is 333 g/mol. The number of hydrogen-bond acceptors (Lipinski definition) is 4. The van der Waals surface area contributed by atoms with Gasteiger partial charge in [-0.3, -0.25) is 4.90 Å². The number of urea groups is 1. The van der Waals surface area contributed by atoms with Crippen LogP contribution in [0.1, 0.15) is 18.4 Å². The predicted octanol–water partition coefficient (Wildman–Crippen LogP) is 2.16. The first-order chi connectivity index (χ1) is 11.7. The van der Waals surface area contributed by atoms with Crippen molar-refractivity contribution in [1.29, 1.82) is 0 Å². The van der Waals surface area contributed by atoms with Gasteiger partial charge in [0.25, 0.3) is 0 Å². The molecule has 0 saturated carbocycles. The Kier molecular flexibility index (Phi) is 6.07. The Balaban J connectivity index is 1.58. The second-order valence-corrected chi connectivity index (χ2v) is 6.49. The molecule has 2 aliphatic heterocycles. The van der Waals surface area contributed by atoms with Crippen LogP contribution in [0.4, 0.5) is 10.5 Å². The van der Waals surface area contributed by atoms with Crippen molar-refractivity contribution in [2.24, 2.45) is 0 Å². The molecule has 6 heteroatoms. The van der Waals surface area contributed by atoms with E-state index in [1.165, 1.54) is 0 Å². The van der Waals surface area contributed by atoms with Crippen molar-refractivity contribution in [3.05, 3.63) is 29.8 Å². The van der Waals surface area contributed by atoms with E-state index in [2.05, 4.69) is 16.3 Å². The normalized spacial score (nSPS) is 21.6. The summed E-state index contributed by atoms with van der Waals surface area (Å²) in [6.45, 7) is 5.69. The van der Waals surface area contributed by atoms with E-state index in [9.17, 15) is 4.79 Å². The van der Waals surface area contributed by atoms with E-state index in [-0.39, 0.29) is 12.1 Å². The molecule has 0 bridgehead atoms. The molecular formula is C18H27N3O3. The Bertz CT molecular complexity index is 540. The first kappa shape index (κ1) is 17.2. The standard InChI is InChI=1S/C18H27N3O3/c1-20(14-16-6-4-10-24-16)18(22)19-17-7-3-2-5-15(17)13-21-8-11-23-12-9-21/h2-3,5,7,16H,4,6,8-14H2,1H3,(H,19,22). The highest BCUT2D eigenvalue weighted by atomic mass is 16.5. The lowest BCUT2D eigenvalue weighted by molar-refractivity contribution is 0.0342. The zero-order valence-corrected chi connectivity index (χ0v) is 14.4. The van der Waals surface area contributed by atoms with Crippen LogP contribution >= 0.6 is 0 Å². The number of morpholine rings is 1. The molecule has 1 atom stereocenters. The van der Waals surface area contributed by atoms with E-state index in [4.69, 9.17) is 9.47 Å². The van der Waals surface area contributed by atoms with Gasteiger partial charge in [0.2, 0.25) is 0 Å². The van der Waals surface area contributed by atoms with Gasteiger partial charge < -0.3 is 19.7 Å². The molecule has 6 nitrogen and oxygen atoms in total. The number of amides is 2. The number of anilines is 1. The smallest absolute Gasteiger partial charge is 0.321 e. The maximum atomic E-state index is 12.5. The summed E-state index contributed by atoms with van der Waals surface area (Å²) in [7, 11) is 1.82. The second kappa shape index (κ2) is 8.46. The Labute approximate surface area is 143 Å². The number of carbonyl (C=O) groups is 1. The van der Waals surface area contributed by atoms with E-state index in [0.717, 1.165) is 63.5 Å². The molecule has 3 rings (SSSR count). The molecule has 0 aromatic heterocycles. The lowest BCUT2D eigenvalue weighted by atomic mass is 10.1. The largest absolute Gasteiger partial charge is 0.379 e. The number of nitrogens with one attached hydrogen (secondary N) is 1. The fourth-order valence-electron chi connectivity index (χ4n) is 3.17. The third-order valence-electron chi connectivity index (χ3n) is 4.60. The summed E-state index contributed by atoms with van der Waals surface area (Å²) in [5.41, 5.74) is 2.02. The number of likely N-dealkylation sites (N-methyl/N-ethyl adjacent to an activating group) is 1. The van der Waals surface area contributed by atoms with Crippen molar-refractivity contribution in [2.75, 3.05) is 51.8 Å². The topological polar surface area (TPSA) is 54.0 Å². The van der Waals surface area contributed by atoms with E-state index in [1.807, 2.05) is 25.2 Å². The summed E-state index contributed by atoms with van der Waals surface area (Å²) in [6, 6.07) is 7.93. The lowest BCUT2D eigenvalue weighted by Crippen LogP contribution is -2.38. The van der Waals surface area contributed by atoms with Crippen LogP contribution in [0.2, 0.25) is 0 Å². The molecule has 0 aliphatic carbocycles. The highest BCUT2D eigenvalue weighted by Gasteiger charge is 2.21. The highest BCUT2D eigenvalue weighted by Crippen LogP contribution is 2.19. The van der Waals surface area contributed by atoms with Crippen molar-refractivity contribution in [3.63, 3.8) is 0 Å². The molecule has 132 valence electrons. The third kappa shape index (κ3) is 4.69. The quantitative estimate of drug-likeness (QED) is 0.897. The maximum Gasteiger partial charge on any atom is 0.321 e. The van der Waals surface area contributed by atoms with Crippen LogP contribution < -0.4 is 5.32 Å². The molecule has 2 heterocycles. The van der Waals surface area contributed by atoms with Crippen molar-refractivity contribution < 1.29 is 14.3 Å². The highest BCUT2D eigenvalue weighted by molar-refractivity contribution is 5.90. The summed E-state index contributed by atoms with van der Waals surface area (Å²) >= 11 is 0. The molecule has 24 heavy (non-hydrogen) atoms. The maximum absolute atomic E-state index is 12.5. The first-order valence-corrected chi connectivity index (χ1v) is 8.74. The second-order valence-electron chi connectivity index (χ2n) is 6.49. The first-order valence-electron chi connectivity index (χ1n) is 8.74. The van der Waals surface area contributed by atoms with Crippen LogP contribution in [0.3, 0.4) is 0 Å². The van der Waals surface area contributed by atoms with Gasteiger partial charge in [0, 0.05) is 45.5 Å². The predicted molar refractivity (Wildman–Crippen MR) is 93.2 cm³/mol. The van der Waals surface area contributed by atoms with Gasteiger partial charge in [0.15, 0.2) is 0 Å². The zero-order chi connectivity index (χ0) is 16.8. The van der Waals surface area contributed by atoms with E-state index in [1.54, 1.807) is 4.90 Å². The van der Waals surface area contributed by atoms with Gasteiger partial charge in [-0.15, -0.1) is 0 Å². The van der Waals surface area contributed by atoms with Gasteiger partial charge in [-0.05, 0) is 24.5 Å². The molecule has 0 spiro atoms. The Morgan fingerprint density at radius 2 is 2.08 bits per heavy atom. The molecule has 1 aromatic rings. The summed E-state index contributed by atoms with van der Waals surface area (Å²) in [4.78, 5) is 16.5. The van der Waals surface area contributed by atoms with Gasteiger partial charge in [0.1, 0.15) is 0 Å². The fraction of sp³-hybridized carbons (Fsp3) is 0.611. The molecule has 1 aromatic carbocycles. The number of nitrogens with zero attached hydrogens (tertiary/aromatic N) is 2. The van der Waals surface area contributed by atoms with Gasteiger partial charge in [-0.2, -0.15) is 0 Å². The van der Waals surface area contributed by atoms with Crippen molar-refractivity contribution in [2.45, 2.75) is 25.5 Å². The molecular weight excluding hydrogens is 306 g/mol. The number of benzene rings is 1. The van der Waals surface area contributed by atoms with Crippen molar-refractivity contribution >= 4 is 11.7 Å². The van der Waals surface area contributed by atoms with Gasteiger partial charge in [-0.25, -0.2) is 4.79 Å². The van der Waals surface area contributed by atoms with Crippen LogP contribution in [0.15, 0.2) is 24.3 Å². The summed E-state index contributed by atoms with van der Waals surface area (Å²) in [5.74, 6) is 0. The van der Waals surface area contributed by atoms with Crippen LogP contribution in [-0.4, -0.2) is 68.4 Å².